The molecule has 1 fully saturated rings. The number of allylic oxidation sites excluding steroid dienone is 2. The van der Waals surface area contributed by atoms with E-state index in [0.717, 1.165) is 0 Å². The molecular formula is C8H16. The third kappa shape index (κ3) is 2.15. The number of hydrogen-bond donors (Lipinski definition) is 0. The van der Waals surface area contributed by atoms with E-state index in [1.807, 2.05) is 13.8 Å². The highest BCUT2D eigenvalue weighted by molar-refractivity contribution is 5.07. The second-order valence-corrected chi connectivity index (χ2v) is 1.80. The van der Waals surface area contributed by atoms with Crippen LogP contribution in [0.2, 0.25) is 0 Å². The van der Waals surface area contributed by atoms with Gasteiger partial charge in [-0.05, 0) is 26.2 Å². The van der Waals surface area contributed by atoms with Crippen molar-refractivity contribution in [1.82, 2.24) is 0 Å². The van der Waals surface area contributed by atoms with Crippen molar-refractivity contribution in [1.29, 1.82) is 0 Å². The Morgan fingerprint density at radius 2 is 1.75 bits per heavy atom. The van der Waals surface area contributed by atoms with E-state index in [2.05, 4.69) is 13.0 Å². The Morgan fingerprint density at radius 3 is 1.75 bits per heavy atom. The van der Waals surface area contributed by atoms with Crippen LogP contribution in [-0.4, -0.2) is 0 Å². The molecule has 0 nitrogen and oxygen atoms in total. The molecule has 0 saturated heterocycles. The van der Waals surface area contributed by atoms with E-state index in [4.69, 9.17) is 0 Å². The average molecular weight is 112 g/mol. The van der Waals surface area contributed by atoms with Crippen molar-refractivity contribution < 1.29 is 0 Å². The normalized spacial score (nSPS) is 15.6. The maximum absolute atomic E-state index is 2.23. The molecule has 0 atom stereocenters. The summed E-state index contributed by atoms with van der Waals surface area (Å²) >= 11 is 0. The lowest BCUT2D eigenvalue weighted by Gasteiger charge is -2.13. The molecule has 0 aliphatic heterocycles. The second kappa shape index (κ2) is 4.89. The summed E-state index contributed by atoms with van der Waals surface area (Å²) in [7, 11) is 0. The standard InChI is InChI=1S/C6H10.C2H6/c1-2-6-4-3-5-6;1-2/h2H,3-5H2,1H3;1-2H3. The second-order valence-electron chi connectivity index (χ2n) is 1.80. The van der Waals surface area contributed by atoms with Gasteiger partial charge in [-0.1, -0.05) is 25.5 Å². The average Bonchev–Trinajstić information content (AvgIpc) is 1.69. The maximum atomic E-state index is 2.23. The number of rotatable bonds is 0. The molecule has 0 aromatic heterocycles. The fourth-order valence-corrected chi connectivity index (χ4v) is 0.670. The van der Waals surface area contributed by atoms with Gasteiger partial charge in [-0.3, -0.25) is 0 Å². The van der Waals surface area contributed by atoms with Crippen LogP contribution in [0.1, 0.15) is 40.0 Å². The van der Waals surface area contributed by atoms with Crippen LogP contribution < -0.4 is 0 Å². The lowest BCUT2D eigenvalue weighted by Crippen LogP contribution is -1.94. The molecule has 0 radical (unpaired) electrons. The van der Waals surface area contributed by atoms with Gasteiger partial charge in [-0.25, -0.2) is 0 Å². The summed E-state index contributed by atoms with van der Waals surface area (Å²) in [5.41, 5.74) is 1.65. The zero-order valence-corrected chi connectivity index (χ0v) is 6.20. The molecule has 1 rings (SSSR count). The van der Waals surface area contributed by atoms with Gasteiger partial charge in [0, 0.05) is 0 Å². The van der Waals surface area contributed by atoms with Gasteiger partial charge in [0.25, 0.3) is 0 Å². The van der Waals surface area contributed by atoms with Crippen LogP contribution in [0.15, 0.2) is 11.6 Å². The van der Waals surface area contributed by atoms with Gasteiger partial charge in [0.2, 0.25) is 0 Å². The molecule has 0 spiro atoms. The van der Waals surface area contributed by atoms with Crippen LogP contribution in [0.3, 0.4) is 0 Å². The van der Waals surface area contributed by atoms with Crippen LogP contribution in [0.25, 0.3) is 0 Å². The van der Waals surface area contributed by atoms with Gasteiger partial charge in [0.15, 0.2) is 0 Å². The summed E-state index contributed by atoms with van der Waals surface area (Å²) < 4.78 is 0. The first-order valence-electron chi connectivity index (χ1n) is 3.57. The van der Waals surface area contributed by atoms with Crippen LogP contribution in [-0.2, 0) is 0 Å². The Balaban J connectivity index is 0.000000222. The van der Waals surface area contributed by atoms with E-state index in [1.165, 1.54) is 19.3 Å². The summed E-state index contributed by atoms with van der Waals surface area (Å²) in [6, 6.07) is 0. The van der Waals surface area contributed by atoms with Crippen LogP contribution in [0.5, 0.6) is 0 Å². The van der Waals surface area contributed by atoms with Crippen LogP contribution in [0, 0.1) is 0 Å². The van der Waals surface area contributed by atoms with Gasteiger partial charge in [0.05, 0.1) is 0 Å². The van der Waals surface area contributed by atoms with Crippen LogP contribution in [0.4, 0.5) is 0 Å². The molecule has 1 aliphatic carbocycles. The third-order valence-corrected chi connectivity index (χ3v) is 1.40. The van der Waals surface area contributed by atoms with Crippen molar-refractivity contribution in [3.63, 3.8) is 0 Å². The fraction of sp³-hybridized carbons (Fsp3) is 0.750. The lowest BCUT2D eigenvalue weighted by atomic mass is 9.93. The SMILES string of the molecule is CC.CC=C1CCC1. The topological polar surface area (TPSA) is 0 Å². The minimum absolute atomic E-state index is 1.37. The van der Waals surface area contributed by atoms with E-state index < -0.39 is 0 Å². The van der Waals surface area contributed by atoms with E-state index in [9.17, 15) is 0 Å². The Labute approximate surface area is 52.6 Å². The summed E-state index contributed by atoms with van der Waals surface area (Å²) in [6.45, 7) is 6.12. The molecule has 0 unspecified atom stereocenters. The first-order chi connectivity index (χ1) is 3.93. The zero-order valence-electron chi connectivity index (χ0n) is 6.20. The predicted molar refractivity (Wildman–Crippen MR) is 39.0 cm³/mol. The highest BCUT2D eigenvalue weighted by atomic mass is 14.1. The number of hydrogen-bond acceptors (Lipinski definition) is 0. The highest BCUT2D eigenvalue weighted by Crippen LogP contribution is 2.24. The monoisotopic (exact) mass is 112 g/mol. The van der Waals surface area contributed by atoms with E-state index >= 15 is 0 Å². The summed E-state index contributed by atoms with van der Waals surface area (Å²) in [6.07, 6.45) is 6.40. The summed E-state index contributed by atoms with van der Waals surface area (Å²) in [5, 5.41) is 0. The van der Waals surface area contributed by atoms with Crippen molar-refractivity contribution in [2.24, 2.45) is 0 Å². The quantitative estimate of drug-likeness (QED) is 0.422. The van der Waals surface area contributed by atoms with E-state index in [1.54, 1.807) is 5.57 Å². The van der Waals surface area contributed by atoms with Crippen molar-refractivity contribution in [2.75, 3.05) is 0 Å². The molecule has 1 aliphatic rings. The molecule has 0 heteroatoms. The summed E-state index contributed by atoms with van der Waals surface area (Å²) in [4.78, 5) is 0. The Bertz CT molecular complexity index is 64.1. The Hall–Kier alpha value is -0.260. The van der Waals surface area contributed by atoms with Gasteiger partial charge >= 0.3 is 0 Å². The predicted octanol–water partition coefficient (Wildman–Crippen LogP) is 3.14. The molecule has 0 N–H and O–H groups in total. The molecule has 0 heterocycles. The third-order valence-electron chi connectivity index (χ3n) is 1.40. The first kappa shape index (κ1) is 7.74. The molecular weight excluding hydrogens is 96.1 g/mol. The van der Waals surface area contributed by atoms with Gasteiger partial charge in [0.1, 0.15) is 0 Å². The Kier molecular flexibility index (Phi) is 4.73. The molecule has 0 aromatic carbocycles. The van der Waals surface area contributed by atoms with E-state index in [0.29, 0.717) is 0 Å². The Morgan fingerprint density at radius 1 is 1.25 bits per heavy atom. The minimum Gasteiger partial charge on any atom is -0.0885 e. The smallest absolute Gasteiger partial charge is 0.0317 e. The van der Waals surface area contributed by atoms with Gasteiger partial charge < -0.3 is 0 Å². The first-order valence-corrected chi connectivity index (χ1v) is 3.57. The minimum atomic E-state index is 1.37. The largest absolute Gasteiger partial charge is 0.0885 e. The maximum Gasteiger partial charge on any atom is -0.0317 e. The summed E-state index contributed by atoms with van der Waals surface area (Å²) in [5.74, 6) is 0. The van der Waals surface area contributed by atoms with Crippen molar-refractivity contribution in [3.05, 3.63) is 11.6 Å². The van der Waals surface area contributed by atoms with Crippen molar-refractivity contribution in [3.8, 4) is 0 Å². The molecule has 0 bridgehead atoms. The molecule has 8 heavy (non-hydrogen) atoms. The highest BCUT2D eigenvalue weighted by Gasteiger charge is 2.04. The molecule has 48 valence electrons. The van der Waals surface area contributed by atoms with Crippen molar-refractivity contribution in [2.45, 2.75) is 40.0 Å². The van der Waals surface area contributed by atoms with E-state index in [-0.39, 0.29) is 0 Å². The molecule has 0 aromatic rings. The van der Waals surface area contributed by atoms with Gasteiger partial charge in [-0.15, -0.1) is 0 Å². The fourth-order valence-electron chi connectivity index (χ4n) is 0.670. The van der Waals surface area contributed by atoms with Gasteiger partial charge in [-0.2, -0.15) is 0 Å². The zero-order chi connectivity index (χ0) is 6.41. The van der Waals surface area contributed by atoms with Crippen molar-refractivity contribution >= 4 is 0 Å². The molecule has 1 saturated carbocycles. The molecule has 0 amide bonds. The van der Waals surface area contributed by atoms with Crippen LogP contribution >= 0.6 is 0 Å². The lowest BCUT2D eigenvalue weighted by molar-refractivity contribution is 0.661.